The van der Waals surface area contributed by atoms with Gasteiger partial charge >= 0.3 is 6.03 Å². The van der Waals surface area contributed by atoms with Crippen LogP contribution in [-0.4, -0.2) is 57.2 Å². The van der Waals surface area contributed by atoms with Crippen molar-refractivity contribution in [3.63, 3.8) is 0 Å². The maximum Gasteiger partial charge on any atom is 0.325 e. The summed E-state index contributed by atoms with van der Waals surface area (Å²) in [6.45, 7) is 2.61. The summed E-state index contributed by atoms with van der Waals surface area (Å²) >= 11 is 0. The van der Waals surface area contributed by atoms with Gasteiger partial charge in [0.05, 0.1) is 0 Å². The van der Waals surface area contributed by atoms with E-state index in [1.165, 1.54) is 5.56 Å². The van der Waals surface area contributed by atoms with E-state index < -0.39 is 17.5 Å². The number of likely N-dealkylation sites (tertiary alicyclic amines) is 1. The number of hydrogen-bond donors (Lipinski definition) is 2. The highest BCUT2D eigenvalue weighted by atomic mass is 16.2. The Morgan fingerprint density at radius 1 is 1.06 bits per heavy atom. The smallest absolute Gasteiger partial charge is 0.325 e. The largest absolute Gasteiger partial charge is 0.346 e. The zero-order valence-electron chi connectivity index (χ0n) is 20.0. The summed E-state index contributed by atoms with van der Waals surface area (Å²) in [5.74, 6) is -0.280. The van der Waals surface area contributed by atoms with Gasteiger partial charge in [-0.05, 0) is 65.8 Å². The lowest BCUT2D eigenvalue weighted by molar-refractivity contribution is -0.139. The van der Waals surface area contributed by atoms with Gasteiger partial charge in [0.2, 0.25) is 5.91 Å². The third-order valence-corrected chi connectivity index (χ3v) is 7.67. The van der Waals surface area contributed by atoms with Crippen molar-refractivity contribution < 1.29 is 14.4 Å². The first-order chi connectivity index (χ1) is 17.4. The lowest BCUT2D eigenvalue weighted by Crippen LogP contribution is -2.46. The van der Waals surface area contributed by atoms with Crippen LogP contribution in [0.15, 0.2) is 67.0 Å². The molecule has 4 amide bonds. The van der Waals surface area contributed by atoms with Crippen LogP contribution in [0.2, 0.25) is 0 Å². The van der Waals surface area contributed by atoms with E-state index in [0.29, 0.717) is 24.6 Å². The molecule has 4 heterocycles. The van der Waals surface area contributed by atoms with Crippen LogP contribution in [0.1, 0.15) is 36.8 Å². The van der Waals surface area contributed by atoms with Crippen LogP contribution in [-0.2, 0) is 15.1 Å². The number of nitrogens with one attached hydrogen (secondary N) is 2. The number of carbonyl (C=O) groups excluding carboxylic acids is 3. The van der Waals surface area contributed by atoms with Crippen LogP contribution in [0, 0.1) is 0 Å². The summed E-state index contributed by atoms with van der Waals surface area (Å²) in [7, 11) is 0. The fraction of sp³-hybridized carbons (Fsp3) is 0.286. The summed E-state index contributed by atoms with van der Waals surface area (Å²) in [6.07, 6.45) is 5.43. The normalized spacial score (nSPS) is 20.9. The van der Waals surface area contributed by atoms with Crippen LogP contribution in [0.25, 0.3) is 21.8 Å². The third-order valence-electron chi connectivity index (χ3n) is 7.67. The summed E-state index contributed by atoms with van der Waals surface area (Å²) in [4.78, 5) is 49.7. The molecule has 1 unspecified atom stereocenters. The van der Waals surface area contributed by atoms with E-state index in [1.54, 1.807) is 18.0 Å². The highest BCUT2D eigenvalue weighted by Gasteiger charge is 2.49. The van der Waals surface area contributed by atoms with E-state index in [1.807, 2.05) is 54.7 Å². The van der Waals surface area contributed by atoms with E-state index in [-0.39, 0.29) is 12.5 Å². The number of amides is 4. The Morgan fingerprint density at radius 2 is 1.83 bits per heavy atom. The number of fused-ring (bicyclic) bond motifs is 2. The third kappa shape index (κ3) is 3.61. The van der Waals surface area contributed by atoms with Crippen molar-refractivity contribution in [2.75, 3.05) is 19.6 Å². The van der Waals surface area contributed by atoms with E-state index in [2.05, 4.69) is 21.4 Å². The van der Waals surface area contributed by atoms with Gasteiger partial charge in [-0.25, -0.2) is 9.78 Å². The lowest BCUT2D eigenvalue weighted by atomic mass is 9.89. The molecule has 0 spiro atoms. The number of benzene rings is 2. The molecule has 0 bridgehead atoms. The second-order valence-corrected chi connectivity index (χ2v) is 9.81. The van der Waals surface area contributed by atoms with Crippen LogP contribution in [0.3, 0.4) is 0 Å². The Labute approximate surface area is 208 Å². The molecule has 6 rings (SSSR count). The molecule has 2 aliphatic rings. The molecule has 2 N–H and O–H groups in total. The van der Waals surface area contributed by atoms with Gasteiger partial charge in [-0.15, -0.1) is 0 Å². The van der Waals surface area contributed by atoms with E-state index in [9.17, 15) is 14.4 Å². The fourth-order valence-electron chi connectivity index (χ4n) is 5.53. The number of urea groups is 1. The molecule has 1 atom stereocenters. The van der Waals surface area contributed by atoms with Crippen molar-refractivity contribution in [2.45, 2.75) is 31.2 Å². The first-order valence-electron chi connectivity index (χ1n) is 12.3. The highest BCUT2D eigenvalue weighted by Crippen LogP contribution is 2.34. The quantitative estimate of drug-likeness (QED) is 0.432. The monoisotopic (exact) mass is 481 g/mol. The highest BCUT2D eigenvalue weighted by molar-refractivity contribution is 6.09. The first kappa shape index (κ1) is 22.3. The molecule has 0 radical (unpaired) electrons. The molecule has 36 heavy (non-hydrogen) atoms. The molecule has 8 heteroatoms. The zero-order valence-corrected chi connectivity index (χ0v) is 20.0. The molecule has 2 aliphatic heterocycles. The fourth-order valence-corrected chi connectivity index (χ4v) is 5.53. The number of imide groups is 1. The molecule has 0 aliphatic carbocycles. The maximum atomic E-state index is 13.4. The van der Waals surface area contributed by atoms with Gasteiger partial charge in [0.1, 0.15) is 17.7 Å². The molecule has 4 aromatic rings. The van der Waals surface area contributed by atoms with Crippen molar-refractivity contribution >= 4 is 39.7 Å². The maximum absolute atomic E-state index is 13.4. The van der Waals surface area contributed by atoms with Gasteiger partial charge in [-0.1, -0.05) is 36.4 Å². The number of hydrogen-bond acceptors (Lipinski definition) is 4. The average molecular weight is 482 g/mol. The van der Waals surface area contributed by atoms with Crippen LogP contribution < -0.4 is 5.32 Å². The van der Waals surface area contributed by atoms with Gasteiger partial charge in [0, 0.05) is 30.9 Å². The topological polar surface area (TPSA) is 98.4 Å². The minimum atomic E-state index is -1.21. The Hall–Kier alpha value is -4.20. The number of nitrogens with zero attached hydrogens (tertiary/aromatic N) is 3. The van der Waals surface area contributed by atoms with Crippen molar-refractivity contribution in [1.29, 1.82) is 0 Å². The molecule has 2 saturated heterocycles. The average Bonchev–Trinajstić information content (AvgIpc) is 3.43. The molecule has 8 nitrogen and oxygen atoms in total. The van der Waals surface area contributed by atoms with Crippen molar-refractivity contribution in [2.24, 2.45) is 0 Å². The molecular weight excluding hydrogens is 454 g/mol. The van der Waals surface area contributed by atoms with Crippen LogP contribution >= 0.6 is 0 Å². The standard InChI is InChI=1S/C28H27N5O3/c1-28(21-9-8-18-5-2-3-6-20(18)15-21)26(35)33(27(36)31-28)17-24(34)32-13-10-19(11-14-32)23-16-30-25-22(23)7-4-12-29-25/h2-9,12,15-16,19H,10-11,13-14,17H2,1H3,(H,29,30)(H,31,36). The molecule has 182 valence electrons. The number of piperidine rings is 1. The second-order valence-electron chi connectivity index (χ2n) is 9.81. The minimum absolute atomic E-state index is 0.208. The van der Waals surface area contributed by atoms with Crippen molar-refractivity contribution in [3.05, 3.63) is 78.1 Å². The molecule has 2 fully saturated rings. The predicted molar refractivity (Wildman–Crippen MR) is 136 cm³/mol. The number of rotatable bonds is 4. The Morgan fingerprint density at radius 3 is 2.64 bits per heavy atom. The Bertz CT molecular complexity index is 1500. The number of carbonyl (C=O) groups is 3. The van der Waals surface area contributed by atoms with Crippen LogP contribution in [0.4, 0.5) is 4.79 Å². The van der Waals surface area contributed by atoms with Crippen molar-refractivity contribution in [3.8, 4) is 0 Å². The van der Waals surface area contributed by atoms with Crippen molar-refractivity contribution in [1.82, 2.24) is 25.1 Å². The summed E-state index contributed by atoms with van der Waals surface area (Å²) in [5, 5.41) is 5.98. The number of aromatic nitrogens is 2. The zero-order chi connectivity index (χ0) is 24.9. The molecule has 2 aromatic carbocycles. The van der Waals surface area contributed by atoms with E-state index in [0.717, 1.165) is 39.5 Å². The summed E-state index contributed by atoms with van der Waals surface area (Å²) in [6, 6.07) is 17.1. The van der Waals surface area contributed by atoms with Gasteiger partial charge in [0.25, 0.3) is 5.91 Å². The van der Waals surface area contributed by atoms with Gasteiger partial charge in [0.15, 0.2) is 0 Å². The van der Waals surface area contributed by atoms with Crippen LogP contribution in [0.5, 0.6) is 0 Å². The second kappa shape index (κ2) is 8.48. The summed E-state index contributed by atoms with van der Waals surface area (Å²) in [5.41, 5.74) is 1.59. The molecule has 2 aromatic heterocycles. The molecule has 0 saturated carbocycles. The van der Waals surface area contributed by atoms with E-state index >= 15 is 0 Å². The number of aromatic amines is 1. The first-order valence-corrected chi connectivity index (χ1v) is 12.3. The predicted octanol–water partition coefficient (Wildman–Crippen LogP) is 3.89. The minimum Gasteiger partial charge on any atom is -0.346 e. The van der Waals surface area contributed by atoms with E-state index in [4.69, 9.17) is 0 Å². The number of H-pyrrole nitrogens is 1. The summed E-state index contributed by atoms with van der Waals surface area (Å²) < 4.78 is 0. The lowest BCUT2D eigenvalue weighted by Gasteiger charge is -2.32. The Kier molecular flexibility index (Phi) is 5.25. The Balaban J connectivity index is 1.13. The van der Waals surface area contributed by atoms with Gasteiger partial charge < -0.3 is 15.2 Å². The number of pyridine rings is 1. The SMILES string of the molecule is CC1(c2ccc3ccccc3c2)NC(=O)N(CC(=O)N2CCC(c3c[nH]c4ncccc34)CC2)C1=O. The van der Waals surface area contributed by atoms with Gasteiger partial charge in [-0.2, -0.15) is 0 Å². The van der Waals surface area contributed by atoms with Gasteiger partial charge in [-0.3, -0.25) is 14.5 Å². The molecular formula is C28H27N5O3.